The summed E-state index contributed by atoms with van der Waals surface area (Å²) in [6.07, 6.45) is 0.777. The number of hydrogen-bond acceptors (Lipinski definition) is 2. The minimum absolute atomic E-state index is 0.0387. The van der Waals surface area contributed by atoms with Crippen LogP contribution in [0.2, 0.25) is 0 Å². The second-order valence-corrected chi connectivity index (χ2v) is 5.52. The average molecular weight is 287 g/mol. The van der Waals surface area contributed by atoms with Gasteiger partial charge in [-0.25, -0.2) is 4.39 Å². The highest BCUT2D eigenvalue weighted by Gasteiger charge is 2.16. The summed E-state index contributed by atoms with van der Waals surface area (Å²) in [6.45, 7) is 4.61. The molecule has 2 rings (SSSR count). The molecule has 0 aromatic heterocycles. The fourth-order valence-electron chi connectivity index (χ4n) is 2.82. The second-order valence-electron chi connectivity index (χ2n) is 5.52. The van der Waals surface area contributed by atoms with E-state index in [-0.39, 0.29) is 11.7 Å². The maximum absolute atomic E-state index is 13.6. The van der Waals surface area contributed by atoms with Crippen LogP contribution < -0.4 is 10.5 Å². The van der Waals surface area contributed by atoms with Crippen molar-refractivity contribution in [2.45, 2.75) is 26.2 Å². The fourth-order valence-corrected chi connectivity index (χ4v) is 2.82. The lowest BCUT2D eigenvalue weighted by atomic mass is 9.90. The van der Waals surface area contributed by atoms with E-state index in [1.54, 1.807) is 13.2 Å². The topological polar surface area (TPSA) is 35.2 Å². The van der Waals surface area contributed by atoms with Gasteiger partial charge in [0.1, 0.15) is 11.6 Å². The molecule has 112 valence electrons. The van der Waals surface area contributed by atoms with Crippen molar-refractivity contribution in [3.8, 4) is 5.75 Å². The zero-order valence-corrected chi connectivity index (χ0v) is 12.8. The maximum Gasteiger partial charge on any atom is 0.123 e. The molecule has 0 amide bonds. The lowest BCUT2D eigenvalue weighted by Gasteiger charge is -2.19. The molecule has 0 heterocycles. The van der Waals surface area contributed by atoms with Crippen LogP contribution in [0.25, 0.3) is 0 Å². The van der Waals surface area contributed by atoms with E-state index in [0.717, 1.165) is 12.0 Å². The van der Waals surface area contributed by atoms with Crippen LogP contribution in [0.4, 0.5) is 4.39 Å². The van der Waals surface area contributed by atoms with Crippen LogP contribution in [-0.4, -0.2) is 13.7 Å². The molecule has 0 radical (unpaired) electrons. The van der Waals surface area contributed by atoms with Gasteiger partial charge in [-0.2, -0.15) is 0 Å². The highest BCUT2D eigenvalue weighted by Crippen LogP contribution is 2.30. The third-order valence-corrected chi connectivity index (χ3v) is 3.68. The normalized spacial score (nSPS) is 12.2. The Hall–Kier alpha value is -1.87. The summed E-state index contributed by atoms with van der Waals surface area (Å²) in [5.74, 6) is 0.470. The number of halogens is 1. The standard InChI is InChI=1S/C18H22FNO/c1-12-6-13(2)8-14(7-12)9-15(11-20)17-10-16(19)4-5-18(17)21-3/h4-8,10,15H,9,11,20H2,1-3H3. The van der Waals surface area contributed by atoms with Crippen LogP contribution in [0.5, 0.6) is 5.75 Å². The first kappa shape index (κ1) is 15.5. The molecule has 0 bridgehead atoms. The quantitative estimate of drug-likeness (QED) is 0.909. The van der Waals surface area contributed by atoms with E-state index in [1.165, 1.54) is 28.8 Å². The maximum atomic E-state index is 13.6. The number of nitrogens with two attached hydrogens (primary N) is 1. The molecule has 0 spiro atoms. The minimum atomic E-state index is -0.260. The number of hydrogen-bond donors (Lipinski definition) is 1. The third kappa shape index (κ3) is 3.82. The fraction of sp³-hybridized carbons (Fsp3) is 0.333. The first-order chi connectivity index (χ1) is 10.0. The van der Waals surface area contributed by atoms with Crippen molar-refractivity contribution in [3.05, 3.63) is 64.5 Å². The Balaban J connectivity index is 2.33. The molecule has 21 heavy (non-hydrogen) atoms. The second kappa shape index (κ2) is 6.72. The van der Waals surface area contributed by atoms with Gasteiger partial charge >= 0.3 is 0 Å². The molecule has 1 atom stereocenters. The smallest absolute Gasteiger partial charge is 0.123 e. The van der Waals surface area contributed by atoms with Crippen molar-refractivity contribution >= 4 is 0 Å². The van der Waals surface area contributed by atoms with Crippen LogP contribution in [0.15, 0.2) is 36.4 Å². The van der Waals surface area contributed by atoms with E-state index in [1.807, 2.05) is 0 Å². The van der Waals surface area contributed by atoms with E-state index in [4.69, 9.17) is 10.5 Å². The Morgan fingerprint density at radius 3 is 2.33 bits per heavy atom. The Morgan fingerprint density at radius 1 is 1.10 bits per heavy atom. The molecule has 1 unspecified atom stereocenters. The molecule has 2 nitrogen and oxygen atoms in total. The number of ether oxygens (including phenoxy) is 1. The molecule has 2 N–H and O–H groups in total. The van der Waals surface area contributed by atoms with Gasteiger partial charge in [0.2, 0.25) is 0 Å². The van der Waals surface area contributed by atoms with Gasteiger partial charge in [-0.3, -0.25) is 0 Å². The summed E-state index contributed by atoms with van der Waals surface area (Å²) in [7, 11) is 1.60. The largest absolute Gasteiger partial charge is 0.496 e. The molecule has 2 aromatic rings. The summed E-state index contributed by atoms with van der Waals surface area (Å²) in [6, 6.07) is 11.0. The summed E-state index contributed by atoms with van der Waals surface area (Å²) in [5, 5.41) is 0. The van der Waals surface area contributed by atoms with Gasteiger partial charge in [0, 0.05) is 11.5 Å². The molecule has 0 fully saturated rings. The summed E-state index contributed by atoms with van der Waals surface area (Å²) in [5.41, 5.74) is 10.4. The van der Waals surface area contributed by atoms with E-state index >= 15 is 0 Å². The van der Waals surface area contributed by atoms with Crippen molar-refractivity contribution in [1.82, 2.24) is 0 Å². The van der Waals surface area contributed by atoms with Gasteiger partial charge in [-0.1, -0.05) is 29.3 Å². The summed E-state index contributed by atoms with van der Waals surface area (Å²) < 4.78 is 18.9. The first-order valence-corrected chi connectivity index (χ1v) is 7.14. The van der Waals surface area contributed by atoms with Crippen molar-refractivity contribution < 1.29 is 9.13 Å². The molecule has 2 aromatic carbocycles. The van der Waals surface area contributed by atoms with Gasteiger partial charge in [-0.15, -0.1) is 0 Å². The molecule has 0 aliphatic rings. The van der Waals surface area contributed by atoms with Gasteiger partial charge in [-0.05, 0) is 50.6 Å². The van der Waals surface area contributed by atoms with E-state index in [9.17, 15) is 4.39 Å². The minimum Gasteiger partial charge on any atom is -0.496 e. The van der Waals surface area contributed by atoms with Gasteiger partial charge in [0.25, 0.3) is 0 Å². The highest BCUT2D eigenvalue weighted by molar-refractivity contribution is 5.39. The van der Waals surface area contributed by atoms with Crippen LogP contribution in [0.3, 0.4) is 0 Å². The zero-order valence-electron chi connectivity index (χ0n) is 12.8. The van der Waals surface area contributed by atoms with E-state index < -0.39 is 0 Å². The first-order valence-electron chi connectivity index (χ1n) is 7.14. The van der Waals surface area contributed by atoms with Crippen molar-refractivity contribution in [1.29, 1.82) is 0 Å². The van der Waals surface area contributed by atoms with E-state index in [2.05, 4.69) is 32.0 Å². The number of benzene rings is 2. The number of methoxy groups -OCH3 is 1. The monoisotopic (exact) mass is 287 g/mol. The molecule has 0 aliphatic heterocycles. The average Bonchev–Trinajstić information content (AvgIpc) is 2.43. The molecule has 0 aliphatic carbocycles. The Labute approximate surface area is 125 Å². The van der Waals surface area contributed by atoms with Crippen molar-refractivity contribution in [2.24, 2.45) is 5.73 Å². The Morgan fingerprint density at radius 2 is 1.76 bits per heavy atom. The predicted octanol–water partition coefficient (Wildman–Crippen LogP) is 3.74. The van der Waals surface area contributed by atoms with E-state index in [0.29, 0.717) is 12.3 Å². The van der Waals surface area contributed by atoms with Crippen LogP contribution in [0, 0.1) is 19.7 Å². The SMILES string of the molecule is COc1ccc(F)cc1C(CN)Cc1cc(C)cc(C)c1. The lowest BCUT2D eigenvalue weighted by Crippen LogP contribution is -2.16. The highest BCUT2D eigenvalue weighted by atomic mass is 19.1. The van der Waals surface area contributed by atoms with Gasteiger partial charge in [0.05, 0.1) is 7.11 Å². The molecule has 3 heteroatoms. The molecular weight excluding hydrogens is 265 g/mol. The molecule has 0 saturated carbocycles. The zero-order chi connectivity index (χ0) is 15.4. The number of aryl methyl sites for hydroxylation is 2. The Kier molecular flexibility index (Phi) is 4.97. The van der Waals surface area contributed by atoms with Crippen LogP contribution in [0.1, 0.15) is 28.2 Å². The lowest BCUT2D eigenvalue weighted by molar-refractivity contribution is 0.403. The number of rotatable bonds is 5. The third-order valence-electron chi connectivity index (χ3n) is 3.68. The van der Waals surface area contributed by atoms with Gasteiger partial charge in [0.15, 0.2) is 0 Å². The summed E-state index contributed by atoms with van der Waals surface area (Å²) >= 11 is 0. The van der Waals surface area contributed by atoms with Crippen molar-refractivity contribution in [2.75, 3.05) is 13.7 Å². The Bertz CT molecular complexity index is 604. The summed E-state index contributed by atoms with van der Waals surface area (Å²) in [4.78, 5) is 0. The van der Waals surface area contributed by atoms with Crippen LogP contribution >= 0.6 is 0 Å². The molecular formula is C18H22FNO. The van der Waals surface area contributed by atoms with Crippen LogP contribution in [-0.2, 0) is 6.42 Å². The molecule has 0 saturated heterocycles. The predicted molar refractivity (Wildman–Crippen MR) is 84.4 cm³/mol. The van der Waals surface area contributed by atoms with Gasteiger partial charge < -0.3 is 10.5 Å². The van der Waals surface area contributed by atoms with Crippen molar-refractivity contribution in [3.63, 3.8) is 0 Å².